The van der Waals surface area contributed by atoms with Crippen LogP contribution in [0, 0.1) is 0 Å². The number of hydrogen-bond donors (Lipinski definition) is 1. The molecule has 0 unspecified atom stereocenters. The Kier molecular flexibility index (Phi) is 4.53. The second-order valence-electron chi connectivity index (χ2n) is 6.74. The summed E-state index contributed by atoms with van der Waals surface area (Å²) in [7, 11) is -2.03. The third-order valence-electron chi connectivity index (χ3n) is 4.94. The minimum atomic E-state index is -3.90. The highest BCUT2D eigenvalue weighted by atomic mass is 35.5. The number of benzene rings is 1. The molecule has 0 saturated heterocycles. The predicted octanol–water partition coefficient (Wildman–Crippen LogP) is 4.24. The molecule has 2 aromatic rings. The van der Waals surface area contributed by atoms with Crippen molar-refractivity contribution in [3.63, 3.8) is 0 Å². The van der Waals surface area contributed by atoms with Gasteiger partial charge in [-0.25, -0.2) is 8.42 Å². The van der Waals surface area contributed by atoms with E-state index in [4.69, 9.17) is 11.6 Å². The van der Waals surface area contributed by atoms with Crippen molar-refractivity contribution in [2.75, 3.05) is 18.5 Å². The second-order valence-corrected chi connectivity index (χ2v) is 9.56. The van der Waals surface area contributed by atoms with Crippen LogP contribution in [0.4, 0.5) is 5.69 Å². The third kappa shape index (κ3) is 2.51. The smallest absolute Gasteiger partial charge is 0.192 e. The molecule has 5 nitrogen and oxygen atoms in total. The quantitative estimate of drug-likeness (QED) is 0.845. The van der Waals surface area contributed by atoms with Crippen molar-refractivity contribution in [3.8, 4) is 0 Å². The second kappa shape index (κ2) is 6.28. The molecule has 3 rings (SSSR count). The topological polar surface area (TPSA) is 70.5 Å². The standard InChI is InChI=1S/C19H21ClN2O3S/c1-5-22(4)14-10-6-8-12(15(14)20)18-17(23)16-13(9-7-11-21-16)19(2,3)26(18,24)25/h6-11,23H,5H2,1-4H3. The Bertz CT molecular complexity index is 1010. The van der Waals surface area contributed by atoms with Gasteiger partial charge >= 0.3 is 0 Å². The van der Waals surface area contributed by atoms with E-state index in [0.29, 0.717) is 17.8 Å². The van der Waals surface area contributed by atoms with Gasteiger partial charge in [-0.15, -0.1) is 0 Å². The number of anilines is 1. The van der Waals surface area contributed by atoms with E-state index in [1.807, 2.05) is 24.9 Å². The van der Waals surface area contributed by atoms with Crippen molar-refractivity contribution >= 4 is 37.8 Å². The Balaban J connectivity index is 2.39. The first kappa shape index (κ1) is 18.7. The molecule has 26 heavy (non-hydrogen) atoms. The van der Waals surface area contributed by atoms with Crippen LogP contribution in [0.1, 0.15) is 37.6 Å². The lowest BCUT2D eigenvalue weighted by atomic mass is 9.98. The van der Waals surface area contributed by atoms with Crippen LogP contribution < -0.4 is 4.90 Å². The number of sulfone groups is 1. The van der Waals surface area contributed by atoms with Crippen molar-refractivity contribution in [3.05, 3.63) is 58.4 Å². The van der Waals surface area contributed by atoms with Crippen LogP contribution in [-0.4, -0.2) is 32.1 Å². The van der Waals surface area contributed by atoms with E-state index < -0.39 is 14.6 Å². The highest BCUT2D eigenvalue weighted by Crippen LogP contribution is 2.49. The van der Waals surface area contributed by atoms with E-state index in [9.17, 15) is 13.5 Å². The summed E-state index contributed by atoms with van der Waals surface area (Å²) in [6.07, 6.45) is 1.53. The third-order valence-corrected chi connectivity index (χ3v) is 7.86. The Morgan fingerprint density at radius 2 is 1.92 bits per heavy atom. The molecular weight excluding hydrogens is 372 g/mol. The van der Waals surface area contributed by atoms with Crippen molar-refractivity contribution in [1.29, 1.82) is 0 Å². The van der Waals surface area contributed by atoms with Crippen LogP contribution in [-0.2, 0) is 14.6 Å². The van der Waals surface area contributed by atoms with E-state index >= 15 is 0 Å². The number of rotatable bonds is 3. The first-order chi connectivity index (χ1) is 12.1. The highest BCUT2D eigenvalue weighted by Gasteiger charge is 2.48. The van der Waals surface area contributed by atoms with Gasteiger partial charge in [0, 0.05) is 30.9 Å². The number of nitrogens with zero attached hydrogens (tertiary/aromatic N) is 2. The summed E-state index contributed by atoms with van der Waals surface area (Å²) in [5.74, 6) is -0.363. The van der Waals surface area contributed by atoms with Gasteiger partial charge in [0.15, 0.2) is 15.6 Å². The zero-order valence-electron chi connectivity index (χ0n) is 15.1. The average Bonchev–Trinajstić information content (AvgIpc) is 2.61. The van der Waals surface area contributed by atoms with Gasteiger partial charge in [0.2, 0.25) is 0 Å². The zero-order chi connectivity index (χ0) is 19.3. The van der Waals surface area contributed by atoms with E-state index in [-0.39, 0.29) is 26.9 Å². The van der Waals surface area contributed by atoms with Crippen LogP contribution in [0.2, 0.25) is 5.02 Å². The molecule has 0 bridgehead atoms. The van der Waals surface area contributed by atoms with Gasteiger partial charge in [-0.2, -0.15) is 0 Å². The lowest BCUT2D eigenvalue weighted by molar-refractivity contribution is 0.501. The van der Waals surface area contributed by atoms with Crippen molar-refractivity contribution in [2.24, 2.45) is 0 Å². The van der Waals surface area contributed by atoms with Gasteiger partial charge in [-0.1, -0.05) is 29.8 Å². The van der Waals surface area contributed by atoms with E-state index in [1.165, 1.54) is 6.20 Å². The molecule has 1 aliphatic heterocycles. The first-order valence-corrected chi connectivity index (χ1v) is 10.1. The number of pyridine rings is 1. The molecule has 0 fully saturated rings. The summed E-state index contributed by atoms with van der Waals surface area (Å²) in [6.45, 7) is 5.91. The SMILES string of the molecule is CCN(C)c1cccc(C2=C(O)c3ncccc3C(C)(C)S2(=O)=O)c1Cl. The molecule has 2 heterocycles. The van der Waals surface area contributed by atoms with Crippen LogP contribution >= 0.6 is 11.6 Å². The van der Waals surface area contributed by atoms with Crippen LogP contribution in [0.15, 0.2) is 36.5 Å². The van der Waals surface area contributed by atoms with E-state index in [1.54, 1.807) is 38.1 Å². The summed E-state index contributed by atoms with van der Waals surface area (Å²) >= 11 is 6.56. The fourth-order valence-electron chi connectivity index (χ4n) is 3.15. The molecule has 1 aromatic heterocycles. The predicted molar refractivity (Wildman–Crippen MR) is 106 cm³/mol. The van der Waals surface area contributed by atoms with Crippen molar-refractivity contribution in [2.45, 2.75) is 25.5 Å². The molecule has 0 radical (unpaired) electrons. The summed E-state index contributed by atoms with van der Waals surface area (Å²) in [4.78, 5) is 5.95. The number of hydrogen-bond acceptors (Lipinski definition) is 5. The summed E-state index contributed by atoms with van der Waals surface area (Å²) in [6, 6.07) is 8.51. The van der Waals surface area contributed by atoms with E-state index in [0.717, 1.165) is 0 Å². The number of aromatic nitrogens is 1. The lowest BCUT2D eigenvalue weighted by Gasteiger charge is -2.33. The zero-order valence-corrected chi connectivity index (χ0v) is 16.7. The molecule has 0 saturated carbocycles. The first-order valence-electron chi connectivity index (χ1n) is 8.28. The van der Waals surface area contributed by atoms with Gasteiger partial charge in [0.05, 0.1) is 15.5 Å². The van der Waals surface area contributed by atoms with Gasteiger partial charge in [0.1, 0.15) is 10.6 Å². The monoisotopic (exact) mass is 392 g/mol. The van der Waals surface area contributed by atoms with Crippen LogP contribution in [0.3, 0.4) is 0 Å². The largest absolute Gasteiger partial charge is 0.504 e. The van der Waals surface area contributed by atoms with Crippen LogP contribution in [0.25, 0.3) is 10.7 Å². The Hall–Kier alpha value is -2.05. The van der Waals surface area contributed by atoms with Gasteiger partial charge in [0.25, 0.3) is 0 Å². The molecule has 0 amide bonds. The Morgan fingerprint density at radius 3 is 2.58 bits per heavy atom. The van der Waals surface area contributed by atoms with Crippen LogP contribution in [0.5, 0.6) is 0 Å². The summed E-state index contributed by atoms with van der Waals surface area (Å²) < 4.78 is 25.5. The number of fused-ring (bicyclic) bond motifs is 1. The summed E-state index contributed by atoms with van der Waals surface area (Å²) in [5.41, 5.74) is 1.73. The number of aliphatic hydroxyl groups excluding tert-OH is 1. The molecule has 1 N–H and O–H groups in total. The maximum Gasteiger partial charge on any atom is 0.192 e. The molecule has 1 aliphatic rings. The normalized spacial score (nSPS) is 17.7. The minimum Gasteiger partial charge on any atom is -0.504 e. The fraction of sp³-hybridized carbons (Fsp3) is 0.316. The molecule has 138 valence electrons. The molecule has 0 spiro atoms. The minimum absolute atomic E-state index is 0.176. The molecule has 0 atom stereocenters. The fourth-order valence-corrected chi connectivity index (χ4v) is 5.34. The molecule has 0 aliphatic carbocycles. The highest BCUT2D eigenvalue weighted by molar-refractivity contribution is 8.01. The Morgan fingerprint density at radius 1 is 1.23 bits per heavy atom. The maximum absolute atomic E-state index is 13.4. The average molecular weight is 393 g/mol. The van der Waals surface area contributed by atoms with Crippen molar-refractivity contribution in [1.82, 2.24) is 4.98 Å². The van der Waals surface area contributed by atoms with Gasteiger partial charge in [-0.05, 0) is 32.9 Å². The maximum atomic E-state index is 13.4. The molecule has 1 aromatic carbocycles. The lowest BCUT2D eigenvalue weighted by Crippen LogP contribution is -2.35. The number of aliphatic hydroxyl groups is 1. The van der Waals surface area contributed by atoms with Gasteiger partial charge in [-0.3, -0.25) is 4.98 Å². The van der Waals surface area contributed by atoms with Gasteiger partial charge < -0.3 is 10.0 Å². The number of halogens is 1. The van der Waals surface area contributed by atoms with Crippen molar-refractivity contribution < 1.29 is 13.5 Å². The summed E-state index contributed by atoms with van der Waals surface area (Å²) in [5, 5.41) is 11.1. The molecular formula is C19H21ClN2O3S. The van der Waals surface area contributed by atoms with E-state index in [2.05, 4.69) is 4.98 Å². The molecule has 7 heteroatoms. The Labute approximate surface area is 158 Å².